The minimum atomic E-state index is -1.17. The lowest BCUT2D eigenvalue weighted by Gasteiger charge is -2.37. The molecule has 60 heavy (non-hydrogen) atoms. The highest BCUT2D eigenvalue weighted by atomic mass is 35.5. The summed E-state index contributed by atoms with van der Waals surface area (Å²) in [7, 11) is 0. The first-order valence-corrected chi connectivity index (χ1v) is 20.0. The topological polar surface area (TPSA) is 160 Å². The highest BCUT2D eigenvalue weighted by Crippen LogP contribution is 2.41. The second kappa shape index (κ2) is 17.7. The molecule has 0 radical (unpaired) electrons. The number of carbonyl (C=O) groups excluding carboxylic acids is 1. The fraction of sp³-hybridized carbons (Fsp3) is 0.191. The third-order valence-electron chi connectivity index (χ3n) is 10.7. The van der Waals surface area contributed by atoms with Crippen LogP contribution in [0, 0.1) is 11.3 Å². The summed E-state index contributed by atoms with van der Waals surface area (Å²) in [4.78, 5) is 33.0. The lowest BCUT2D eigenvalue weighted by Crippen LogP contribution is -2.54. The summed E-state index contributed by atoms with van der Waals surface area (Å²) in [5.74, 6) is 0.716. The molecule has 13 heteroatoms. The van der Waals surface area contributed by atoms with E-state index in [1.807, 2.05) is 89.8 Å². The summed E-state index contributed by atoms with van der Waals surface area (Å²) in [6.07, 6.45) is 1.73. The summed E-state index contributed by atoms with van der Waals surface area (Å²) < 4.78 is 18.7. The molecular weight excluding hydrogens is 801 g/mol. The molecule has 0 fully saturated rings. The minimum absolute atomic E-state index is 0.0915. The van der Waals surface area contributed by atoms with Gasteiger partial charge in [-0.1, -0.05) is 83.9 Å². The maximum absolute atomic E-state index is 14.2. The molecule has 3 heterocycles. The molecule has 4 N–H and O–H groups in total. The molecule has 1 unspecified atom stereocenters. The number of ether oxygens (including phenoxy) is 3. The number of amides is 1. The molecule has 0 saturated heterocycles. The Hall–Kier alpha value is -6.58. The Bertz CT molecular complexity index is 2560. The molecule has 0 saturated carbocycles. The van der Waals surface area contributed by atoms with Gasteiger partial charge in [-0.25, -0.2) is 9.78 Å². The maximum atomic E-state index is 14.2. The molecule has 11 nitrogen and oxygen atoms in total. The van der Waals surface area contributed by atoms with Crippen molar-refractivity contribution in [2.24, 2.45) is 0 Å². The lowest BCUT2D eigenvalue weighted by atomic mass is 9.91. The van der Waals surface area contributed by atoms with Gasteiger partial charge in [-0.15, -0.1) is 0 Å². The number of aromatic nitrogens is 1. The molecule has 3 atom stereocenters. The summed E-state index contributed by atoms with van der Waals surface area (Å²) in [6.45, 7) is 1.38. The Kier molecular flexibility index (Phi) is 11.9. The van der Waals surface area contributed by atoms with Gasteiger partial charge >= 0.3 is 5.97 Å². The van der Waals surface area contributed by atoms with E-state index >= 15 is 0 Å². The van der Waals surface area contributed by atoms with Gasteiger partial charge in [-0.2, -0.15) is 5.26 Å². The van der Waals surface area contributed by atoms with Crippen LogP contribution in [0.1, 0.15) is 45.0 Å². The fourth-order valence-electron chi connectivity index (χ4n) is 7.41. The van der Waals surface area contributed by atoms with Gasteiger partial charge in [0.1, 0.15) is 30.8 Å². The fourth-order valence-corrected chi connectivity index (χ4v) is 7.73. The molecular formula is C47H39Cl2N5O6. The highest BCUT2D eigenvalue weighted by Gasteiger charge is 2.36. The van der Waals surface area contributed by atoms with E-state index in [2.05, 4.69) is 16.4 Å². The van der Waals surface area contributed by atoms with Crippen LogP contribution in [0.4, 0.5) is 5.82 Å². The SMILES string of the molecule is N#Cc1ccc(-c2ccc(C[C@H](NC(=O)C3Cc4cc5c(cc4CN3Cc3ccc(N)nc3)O[C@@H](c3ccc(OCc4ccc(Cl)c(Cl)c4)cc3)CO5)C(=O)O)cc2)cc1. The number of nitrogen functional groups attached to an aromatic ring is 1. The summed E-state index contributed by atoms with van der Waals surface area (Å²) in [5.41, 5.74) is 13.6. The van der Waals surface area contributed by atoms with Crippen LogP contribution in [0.5, 0.6) is 17.2 Å². The van der Waals surface area contributed by atoms with Crippen molar-refractivity contribution in [1.82, 2.24) is 15.2 Å². The zero-order chi connectivity index (χ0) is 41.8. The zero-order valence-electron chi connectivity index (χ0n) is 32.2. The van der Waals surface area contributed by atoms with E-state index in [0.29, 0.717) is 64.8 Å². The normalized spacial score (nSPS) is 16.2. The second-order valence-corrected chi connectivity index (χ2v) is 15.6. The first-order chi connectivity index (χ1) is 29.1. The summed E-state index contributed by atoms with van der Waals surface area (Å²) in [6, 6.07) is 35.6. The predicted molar refractivity (Wildman–Crippen MR) is 228 cm³/mol. The average molecular weight is 841 g/mol. The van der Waals surface area contributed by atoms with E-state index < -0.39 is 24.0 Å². The Labute approximate surface area is 356 Å². The number of fused-ring (bicyclic) bond motifs is 2. The van der Waals surface area contributed by atoms with Crippen molar-refractivity contribution in [2.45, 2.75) is 50.7 Å². The number of pyridine rings is 1. The van der Waals surface area contributed by atoms with Crippen molar-refractivity contribution < 1.29 is 28.9 Å². The number of nitrogens with one attached hydrogen (secondary N) is 1. The van der Waals surface area contributed by atoms with Crippen LogP contribution in [0.2, 0.25) is 10.0 Å². The first kappa shape index (κ1) is 40.2. The van der Waals surface area contributed by atoms with Crippen molar-refractivity contribution in [2.75, 3.05) is 12.3 Å². The largest absolute Gasteiger partial charge is 0.489 e. The van der Waals surface area contributed by atoms with Crippen molar-refractivity contribution in [3.8, 4) is 34.4 Å². The number of aliphatic carboxylic acids is 1. The third-order valence-corrected chi connectivity index (χ3v) is 11.4. The number of hydrogen-bond donors (Lipinski definition) is 3. The standard InChI is InChI=1S/C47H39Cl2N5O6/c48-38-15-5-30(17-39(38)49)26-58-37-13-11-34(12-14-37)44-27-59-42-20-35-19-41(54(25-36(35)21-43(42)60-44)24-31-6-16-45(51)52-23-31)46(55)53-40(47(56)57)18-28-1-7-32(8-2-28)33-9-3-29(22-50)4-10-33/h1-17,20-21,23,40-41,44H,18-19,24-27H2,(H2,51,52)(H,53,55)(H,56,57)/t40-,41?,44+/m0/s1. The van der Waals surface area contributed by atoms with Gasteiger partial charge in [0.2, 0.25) is 5.91 Å². The number of nitrogens with zero attached hydrogens (tertiary/aromatic N) is 3. The van der Waals surface area contributed by atoms with Crippen LogP contribution in [0.3, 0.4) is 0 Å². The number of carbonyl (C=O) groups is 2. The predicted octanol–water partition coefficient (Wildman–Crippen LogP) is 8.34. The lowest BCUT2D eigenvalue weighted by molar-refractivity contribution is -0.142. The number of nitriles is 1. The molecule has 1 amide bonds. The van der Waals surface area contributed by atoms with E-state index in [0.717, 1.165) is 44.5 Å². The number of carboxylic acid groups (broad SMARTS) is 1. The van der Waals surface area contributed by atoms with E-state index in [-0.39, 0.29) is 19.1 Å². The minimum Gasteiger partial charge on any atom is -0.489 e. The smallest absolute Gasteiger partial charge is 0.326 e. The van der Waals surface area contributed by atoms with Gasteiger partial charge in [0.15, 0.2) is 17.6 Å². The number of benzene rings is 5. The molecule has 0 bridgehead atoms. The third kappa shape index (κ3) is 9.32. The molecule has 302 valence electrons. The number of hydrogen-bond acceptors (Lipinski definition) is 9. The van der Waals surface area contributed by atoms with Gasteiger partial charge in [0, 0.05) is 25.7 Å². The summed E-state index contributed by atoms with van der Waals surface area (Å²) in [5, 5.41) is 23.2. The number of rotatable bonds is 12. The Morgan fingerprint density at radius 2 is 1.58 bits per heavy atom. The molecule has 0 spiro atoms. The number of carboxylic acids is 1. The van der Waals surface area contributed by atoms with Gasteiger partial charge in [0.25, 0.3) is 0 Å². The van der Waals surface area contributed by atoms with Crippen molar-refractivity contribution >= 4 is 40.9 Å². The average Bonchev–Trinajstić information content (AvgIpc) is 3.26. The van der Waals surface area contributed by atoms with Crippen molar-refractivity contribution in [3.63, 3.8) is 0 Å². The Morgan fingerprint density at radius 1 is 0.883 bits per heavy atom. The Morgan fingerprint density at radius 3 is 2.27 bits per heavy atom. The second-order valence-electron chi connectivity index (χ2n) is 14.8. The van der Waals surface area contributed by atoms with Crippen molar-refractivity contribution in [3.05, 3.63) is 170 Å². The van der Waals surface area contributed by atoms with Crippen LogP contribution < -0.4 is 25.3 Å². The number of halogens is 2. The van der Waals surface area contributed by atoms with Gasteiger partial charge in [0.05, 0.1) is 27.7 Å². The van der Waals surface area contributed by atoms with E-state index in [9.17, 15) is 14.7 Å². The van der Waals surface area contributed by atoms with Crippen molar-refractivity contribution in [1.29, 1.82) is 5.26 Å². The van der Waals surface area contributed by atoms with Gasteiger partial charge in [-0.3, -0.25) is 9.69 Å². The molecule has 6 aromatic rings. The number of anilines is 1. The highest BCUT2D eigenvalue weighted by molar-refractivity contribution is 6.42. The molecule has 2 aliphatic rings. The van der Waals surface area contributed by atoms with Crippen LogP contribution >= 0.6 is 23.2 Å². The van der Waals surface area contributed by atoms with Gasteiger partial charge < -0.3 is 30.4 Å². The maximum Gasteiger partial charge on any atom is 0.326 e. The molecule has 1 aromatic heterocycles. The van der Waals surface area contributed by atoms with E-state index in [1.165, 1.54) is 0 Å². The molecule has 2 aliphatic heterocycles. The number of nitrogens with two attached hydrogens (primary N) is 1. The van der Waals surface area contributed by atoms with E-state index in [4.69, 9.17) is 48.4 Å². The molecule has 5 aromatic carbocycles. The van der Waals surface area contributed by atoms with Crippen LogP contribution in [-0.2, 0) is 42.1 Å². The monoisotopic (exact) mass is 839 g/mol. The first-order valence-electron chi connectivity index (χ1n) is 19.3. The molecule has 8 rings (SSSR count). The van der Waals surface area contributed by atoms with Crippen LogP contribution in [0.15, 0.2) is 121 Å². The quantitative estimate of drug-likeness (QED) is 0.109. The van der Waals surface area contributed by atoms with Crippen LogP contribution in [-0.4, -0.2) is 45.6 Å². The van der Waals surface area contributed by atoms with Gasteiger partial charge in [-0.05, 0) is 106 Å². The summed E-state index contributed by atoms with van der Waals surface area (Å²) >= 11 is 12.2. The zero-order valence-corrected chi connectivity index (χ0v) is 33.7. The van der Waals surface area contributed by atoms with E-state index in [1.54, 1.807) is 36.5 Å². The molecule has 0 aliphatic carbocycles. The van der Waals surface area contributed by atoms with Crippen LogP contribution in [0.25, 0.3) is 11.1 Å². The Balaban J connectivity index is 0.964.